The second kappa shape index (κ2) is 5.61. The maximum absolute atomic E-state index is 5.91. The topological polar surface area (TPSA) is 42.1 Å². The Kier molecular flexibility index (Phi) is 4.11. The van der Waals surface area contributed by atoms with E-state index in [2.05, 4.69) is 47.6 Å². The summed E-state index contributed by atoms with van der Waals surface area (Å²) in [7, 11) is 4.10. The van der Waals surface area contributed by atoms with Gasteiger partial charge in [0, 0.05) is 23.5 Å². The van der Waals surface area contributed by atoms with Gasteiger partial charge < -0.3 is 10.6 Å². The van der Waals surface area contributed by atoms with Gasteiger partial charge >= 0.3 is 0 Å². The molecule has 0 spiro atoms. The maximum atomic E-state index is 5.91. The molecule has 18 heavy (non-hydrogen) atoms. The molecule has 1 heterocycles. The highest BCUT2D eigenvalue weighted by molar-refractivity contribution is 7.13. The van der Waals surface area contributed by atoms with Gasteiger partial charge in [0.2, 0.25) is 0 Å². The summed E-state index contributed by atoms with van der Waals surface area (Å²) >= 11 is 1.69. The molecule has 4 heteroatoms. The van der Waals surface area contributed by atoms with Crippen LogP contribution >= 0.6 is 11.3 Å². The standard InChI is InChI=1S/C14H19N3S/c1-10(15)11-5-4-6-12(7-11)14-16-13(9-18-14)8-17(2)3/h4-7,9-10H,8,15H2,1-3H3. The fourth-order valence-electron chi connectivity index (χ4n) is 1.79. The number of aromatic nitrogens is 1. The third kappa shape index (κ3) is 3.16. The summed E-state index contributed by atoms with van der Waals surface area (Å²) in [5.41, 5.74) is 9.33. The van der Waals surface area contributed by atoms with Crippen molar-refractivity contribution in [2.24, 2.45) is 5.73 Å². The maximum Gasteiger partial charge on any atom is 0.123 e. The zero-order valence-electron chi connectivity index (χ0n) is 11.1. The summed E-state index contributed by atoms with van der Waals surface area (Å²) in [5, 5.41) is 3.18. The van der Waals surface area contributed by atoms with Crippen LogP contribution in [0.3, 0.4) is 0 Å². The Hall–Kier alpha value is -1.23. The van der Waals surface area contributed by atoms with E-state index in [1.165, 1.54) is 0 Å². The predicted octanol–water partition coefficient (Wildman–Crippen LogP) is 2.89. The van der Waals surface area contributed by atoms with E-state index in [1.807, 2.05) is 13.0 Å². The fraction of sp³-hybridized carbons (Fsp3) is 0.357. The van der Waals surface area contributed by atoms with Crippen LogP contribution in [0.25, 0.3) is 10.6 Å². The number of nitrogens with two attached hydrogens (primary N) is 1. The van der Waals surface area contributed by atoms with Crippen LogP contribution in [0.4, 0.5) is 0 Å². The van der Waals surface area contributed by atoms with Gasteiger partial charge in [0.25, 0.3) is 0 Å². The summed E-state index contributed by atoms with van der Waals surface area (Å²) in [6, 6.07) is 8.38. The van der Waals surface area contributed by atoms with Crippen molar-refractivity contribution in [3.05, 3.63) is 40.9 Å². The highest BCUT2D eigenvalue weighted by Crippen LogP contribution is 2.26. The Morgan fingerprint density at radius 1 is 1.39 bits per heavy atom. The molecule has 0 amide bonds. The van der Waals surface area contributed by atoms with Gasteiger partial charge in [0.15, 0.2) is 0 Å². The molecule has 1 aromatic carbocycles. The number of hydrogen-bond acceptors (Lipinski definition) is 4. The van der Waals surface area contributed by atoms with Gasteiger partial charge in [-0.05, 0) is 32.6 Å². The van der Waals surface area contributed by atoms with E-state index in [4.69, 9.17) is 5.73 Å². The van der Waals surface area contributed by atoms with Crippen molar-refractivity contribution < 1.29 is 0 Å². The smallest absolute Gasteiger partial charge is 0.123 e. The molecular formula is C14H19N3S. The number of benzene rings is 1. The molecule has 1 unspecified atom stereocenters. The van der Waals surface area contributed by atoms with Crippen LogP contribution in [-0.2, 0) is 6.54 Å². The fourth-order valence-corrected chi connectivity index (χ4v) is 2.60. The molecule has 0 aliphatic heterocycles. The minimum atomic E-state index is 0.0613. The van der Waals surface area contributed by atoms with Gasteiger partial charge in [0.05, 0.1) is 5.69 Å². The normalized spacial score (nSPS) is 12.9. The molecule has 2 rings (SSSR count). The Morgan fingerprint density at radius 3 is 2.83 bits per heavy atom. The van der Waals surface area contributed by atoms with Gasteiger partial charge in [-0.2, -0.15) is 0 Å². The van der Waals surface area contributed by atoms with Crippen molar-refractivity contribution in [1.82, 2.24) is 9.88 Å². The lowest BCUT2D eigenvalue weighted by Crippen LogP contribution is -2.10. The average Bonchev–Trinajstić information content (AvgIpc) is 2.77. The van der Waals surface area contributed by atoms with Crippen molar-refractivity contribution in [3.63, 3.8) is 0 Å². The third-order valence-corrected chi connectivity index (χ3v) is 3.63. The SMILES string of the molecule is CC(N)c1cccc(-c2nc(CN(C)C)cs2)c1. The Bertz CT molecular complexity index is 517. The van der Waals surface area contributed by atoms with Gasteiger partial charge in [-0.25, -0.2) is 4.98 Å². The van der Waals surface area contributed by atoms with Crippen LogP contribution in [0.15, 0.2) is 29.6 Å². The summed E-state index contributed by atoms with van der Waals surface area (Å²) in [6.45, 7) is 2.88. The minimum Gasteiger partial charge on any atom is -0.324 e. The van der Waals surface area contributed by atoms with Crippen molar-refractivity contribution in [2.45, 2.75) is 19.5 Å². The molecular weight excluding hydrogens is 242 g/mol. The highest BCUT2D eigenvalue weighted by atomic mass is 32.1. The molecule has 0 aliphatic carbocycles. The number of thiazole rings is 1. The van der Waals surface area contributed by atoms with Crippen LogP contribution in [0.5, 0.6) is 0 Å². The van der Waals surface area contributed by atoms with E-state index in [1.54, 1.807) is 11.3 Å². The van der Waals surface area contributed by atoms with Crippen molar-refractivity contribution in [3.8, 4) is 10.6 Å². The van der Waals surface area contributed by atoms with Crippen LogP contribution < -0.4 is 5.73 Å². The average molecular weight is 261 g/mol. The monoisotopic (exact) mass is 261 g/mol. The van der Waals surface area contributed by atoms with Crippen molar-refractivity contribution >= 4 is 11.3 Å². The van der Waals surface area contributed by atoms with Crippen LogP contribution in [0.2, 0.25) is 0 Å². The molecule has 2 N–H and O–H groups in total. The lowest BCUT2D eigenvalue weighted by atomic mass is 10.1. The van der Waals surface area contributed by atoms with Crippen molar-refractivity contribution in [2.75, 3.05) is 14.1 Å². The lowest BCUT2D eigenvalue weighted by molar-refractivity contribution is 0.398. The molecule has 0 saturated heterocycles. The van der Waals surface area contributed by atoms with E-state index in [0.717, 1.165) is 28.4 Å². The molecule has 0 radical (unpaired) electrons. The summed E-state index contributed by atoms with van der Waals surface area (Å²) < 4.78 is 0. The third-order valence-electron chi connectivity index (χ3n) is 2.69. The second-order valence-corrected chi connectivity index (χ2v) is 5.65. The second-order valence-electron chi connectivity index (χ2n) is 4.80. The van der Waals surface area contributed by atoms with Gasteiger partial charge in [0.1, 0.15) is 5.01 Å². The van der Waals surface area contributed by atoms with E-state index >= 15 is 0 Å². The van der Waals surface area contributed by atoms with Crippen LogP contribution in [0.1, 0.15) is 24.2 Å². The quantitative estimate of drug-likeness (QED) is 0.920. The highest BCUT2D eigenvalue weighted by Gasteiger charge is 2.07. The van der Waals surface area contributed by atoms with Gasteiger partial charge in [-0.15, -0.1) is 11.3 Å². The van der Waals surface area contributed by atoms with E-state index in [-0.39, 0.29) is 6.04 Å². The Labute approximate surface area is 112 Å². The largest absolute Gasteiger partial charge is 0.324 e. The molecule has 0 fully saturated rings. The molecule has 1 atom stereocenters. The molecule has 3 nitrogen and oxygen atoms in total. The number of hydrogen-bond donors (Lipinski definition) is 1. The lowest BCUT2D eigenvalue weighted by Gasteiger charge is -2.07. The minimum absolute atomic E-state index is 0.0613. The van der Waals surface area contributed by atoms with Crippen LogP contribution in [-0.4, -0.2) is 24.0 Å². The molecule has 1 aromatic heterocycles. The Balaban J connectivity index is 2.25. The molecule has 0 aliphatic rings. The van der Waals surface area contributed by atoms with E-state index in [9.17, 15) is 0 Å². The first-order valence-electron chi connectivity index (χ1n) is 6.01. The van der Waals surface area contributed by atoms with Crippen LogP contribution in [0, 0.1) is 0 Å². The van der Waals surface area contributed by atoms with Gasteiger partial charge in [-0.3, -0.25) is 0 Å². The summed E-state index contributed by atoms with van der Waals surface area (Å²) in [4.78, 5) is 6.78. The molecule has 0 saturated carbocycles. The summed E-state index contributed by atoms with van der Waals surface area (Å²) in [6.07, 6.45) is 0. The first-order chi connectivity index (χ1) is 8.56. The van der Waals surface area contributed by atoms with E-state index < -0.39 is 0 Å². The first-order valence-corrected chi connectivity index (χ1v) is 6.89. The van der Waals surface area contributed by atoms with Gasteiger partial charge in [-0.1, -0.05) is 18.2 Å². The predicted molar refractivity (Wildman–Crippen MR) is 77.5 cm³/mol. The number of rotatable bonds is 4. The summed E-state index contributed by atoms with van der Waals surface area (Å²) in [5.74, 6) is 0. The first kappa shape index (κ1) is 13.2. The van der Waals surface area contributed by atoms with E-state index in [0.29, 0.717) is 0 Å². The number of nitrogens with zero attached hydrogens (tertiary/aromatic N) is 2. The molecule has 0 bridgehead atoms. The Morgan fingerprint density at radius 2 is 2.17 bits per heavy atom. The molecule has 2 aromatic rings. The zero-order valence-corrected chi connectivity index (χ0v) is 11.9. The zero-order chi connectivity index (χ0) is 13.1. The van der Waals surface area contributed by atoms with Crippen molar-refractivity contribution in [1.29, 1.82) is 0 Å². The molecule has 96 valence electrons.